The fourth-order valence-electron chi connectivity index (χ4n) is 2.10. The van der Waals surface area contributed by atoms with Gasteiger partial charge in [-0.2, -0.15) is 0 Å². The van der Waals surface area contributed by atoms with Crippen LogP contribution in [0.5, 0.6) is 0 Å². The van der Waals surface area contributed by atoms with Crippen molar-refractivity contribution in [1.29, 1.82) is 0 Å². The molecule has 1 nitrogen and oxygen atoms in total. The second-order valence-corrected chi connectivity index (χ2v) is 4.18. The molecule has 1 aliphatic rings. The van der Waals surface area contributed by atoms with Gasteiger partial charge in [-0.15, -0.1) is 0 Å². The van der Waals surface area contributed by atoms with Gasteiger partial charge in [-0.05, 0) is 18.1 Å². The van der Waals surface area contributed by atoms with Crippen molar-refractivity contribution in [3.05, 3.63) is 71.8 Å². The maximum absolute atomic E-state index is 3.29. The molecule has 1 N–H and O–H groups in total. The van der Waals surface area contributed by atoms with Crippen molar-refractivity contribution >= 4 is 17.5 Å². The number of para-hydroxylation sites is 1. The van der Waals surface area contributed by atoms with Gasteiger partial charge < -0.3 is 0 Å². The lowest BCUT2D eigenvalue weighted by atomic mass is 10.0. The van der Waals surface area contributed by atoms with Gasteiger partial charge in [0.2, 0.25) is 5.69 Å². The summed E-state index contributed by atoms with van der Waals surface area (Å²) >= 11 is 0. The molecule has 0 atom stereocenters. The zero-order chi connectivity index (χ0) is 11.5. The van der Waals surface area contributed by atoms with E-state index in [-0.39, 0.29) is 0 Å². The number of fused-ring (bicyclic) bond motifs is 1. The van der Waals surface area contributed by atoms with Gasteiger partial charge in [0.1, 0.15) is 0 Å². The van der Waals surface area contributed by atoms with E-state index in [1.807, 2.05) is 0 Å². The first-order chi connectivity index (χ1) is 8.43. The Bertz CT molecular complexity index is 579. The summed E-state index contributed by atoms with van der Waals surface area (Å²) in [5.74, 6) is 0. The molecule has 0 aliphatic carbocycles. The van der Waals surface area contributed by atoms with Crippen LogP contribution < -0.4 is 4.99 Å². The molecule has 0 radical (unpaired) electrons. The van der Waals surface area contributed by atoms with Crippen molar-refractivity contribution in [2.45, 2.75) is 6.42 Å². The normalized spacial score (nSPS) is 15.2. The van der Waals surface area contributed by atoms with E-state index in [0.29, 0.717) is 0 Å². The lowest BCUT2D eigenvalue weighted by molar-refractivity contribution is -0.342. The van der Waals surface area contributed by atoms with E-state index < -0.39 is 0 Å². The molecule has 0 spiro atoms. The van der Waals surface area contributed by atoms with Crippen molar-refractivity contribution in [1.82, 2.24) is 0 Å². The van der Waals surface area contributed by atoms with E-state index in [0.717, 1.165) is 6.42 Å². The third-order valence-electron chi connectivity index (χ3n) is 3.02. The molecule has 1 heteroatoms. The summed E-state index contributed by atoms with van der Waals surface area (Å²) in [7, 11) is 0. The van der Waals surface area contributed by atoms with Crippen LogP contribution in [-0.4, -0.2) is 6.21 Å². The first kappa shape index (κ1) is 10.0. The number of hydrogen-bond donors (Lipinski definition) is 1. The molecule has 0 fully saturated rings. The maximum Gasteiger partial charge on any atom is 0.211 e. The lowest BCUT2D eigenvalue weighted by Crippen LogP contribution is -2.58. The number of rotatable bonds is 2. The Kier molecular flexibility index (Phi) is 2.59. The Labute approximate surface area is 101 Å². The van der Waals surface area contributed by atoms with Crippen LogP contribution in [0.1, 0.15) is 11.1 Å². The fraction of sp³-hybridized carbons (Fsp3) is 0.0625. The molecule has 82 valence electrons. The molecule has 0 unspecified atom stereocenters. The summed E-state index contributed by atoms with van der Waals surface area (Å²) in [6.07, 6.45) is 5.32. The van der Waals surface area contributed by atoms with Crippen molar-refractivity contribution in [2.24, 2.45) is 0 Å². The highest BCUT2D eigenvalue weighted by Crippen LogP contribution is 2.21. The van der Waals surface area contributed by atoms with Gasteiger partial charge in [-0.3, -0.25) is 0 Å². The highest BCUT2D eigenvalue weighted by molar-refractivity contribution is 6.11. The number of benzene rings is 2. The minimum atomic E-state index is 0.975. The second kappa shape index (κ2) is 4.38. The molecule has 1 heterocycles. The Morgan fingerprint density at radius 3 is 2.53 bits per heavy atom. The van der Waals surface area contributed by atoms with E-state index in [1.165, 1.54) is 22.4 Å². The topological polar surface area (TPSA) is 14.0 Å². The van der Waals surface area contributed by atoms with Gasteiger partial charge in [0.15, 0.2) is 6.21 Å². The van der Waals surface area contributed by atoms with Gasteiger partial charge in [0, 0.05) is 11.6 Å². The van der Waals surface area contributed by atoms with Crippen LogP contribution >= 0.6 is 0 Å². The summed E-state index contributed by atoms with van der Waals surface area (Å²) in [5.41, 5.74) is 5.12. The minimum Gasteiger partial charge on any atom is -0.210 e. The SMILES string of the molecule is C1=[NH+]c2ccccc2/C1=C/Cc1ccccc1. The van der Waals surface area contributed by atoms with Crippen LogP contribution in [0.3, 0.4) is 0 Å². The highest BCUT2D eigenvalue weighted by atomic mass is 14.7. The van der Waals surface area contributed by atoms with Crippen molar-refractivity contribution in [3.63, 3.8) is 0 Å². The first-order valence-corrected chi connectivity index (χ1v) is 5.87. The molecule has 3 rings (SSSR count). The molecular weight excluding hydrogens is 206 g/mol. The largest absolute Gasteiger partial charge is 0.211 e. The van der Waals surface area contributed by atoms with Crippen LogP contribution in [0.25, 0.3) is 5.57 Å². The Balaban J connectivity index is 1.86. The number of allylic oxidation sites excluding steroid dienone is 2. The van der Waals surface area contributed by atoms with Crippen LogP contribution in [0.4, 0.5) is 5.69 Å². The van der Waals surface area contributed by atoms with Crippen molar-refractivity contribution in [3.8, 4) is 0 Å². The van der Waals surface area contributed by atoms with Crippen molar-refractivity contribution < 1.29 is 4.99 Å². The van der Waals surface area contributed by atoms with Crippen LogP contribution in [-0.2, 0) is 6.42 Å². The zero-order valence-corrected chi connectivity index (χ0v) is 9.56. The minimum absolute atomic E-state index is 0.975. The molecule has 2 aromatic rings. The van der Waals surface area contributed by atoms with Gasteiger partial charge in [0.05, 0.1) is 5.56 Å². The molecule has 17 heavy (non-hydrogen) atoms. The molecule has 0 amide bonds. The molecule has 1 aliphatic heterocycles. The summed E-state index contributed by atoms with van der Waals surface area (Å²) in [6, 6.07) is 18.9. The molecule has 0 aromatic heterocycles. The summed E-state index contributed by atoms with van der Waals surface area (Å²) in [4.78, 5) is 3.29. The van der Waals surface area contributed by atoms with Crippen LogP contribution in [0.15, 0.2) is 60.7 Å². The predicted molar refractivity (Wildman–Crippen MR) is 71.3 cm³/mol. The predicted octanol–water partition coefficient (Wildman–Crippen LogP) is 2.11. The molecular formula is C16H14N+. The summed E-state index contributed by atoms with van der Waals surface area (Å²) in [5, 5.41) is 0. The number of hydrogen-bond acceptors (Lipinski definition) is 0. The van der Waals surface area contributed by atoms with Gasteiger partial charge in [-0.1, -0.05) is 48.5 Å². The highest BCUT2D eigenvalue weighted by Gasteiger charge is 2.16. The second-order valence-electron chi connectivity index (χ2n) is 4.18. The van der Waals surface area contributed by atoms with Gasteiger partial charge >= 0.3 is 0 Å². The maximum atomic E-state index is 3.29. The lowest BCUT2D eigenvalue weighted by Gasteiger charge is -1.96. The molecule has 0 saturated carbocycles. The van der Waals surface area contributed by atoms with E-state index in [9.17, 15) is 0 Å². The molecule has 2 aromatic carbocycles. The number of nitrogens with one attached hydrogen (secondary N) is 1. The third kappa shape index (κ3) is 2.04. The van der Waals surface area contributed by atoms with E-state index in [2.05, 4.69) is 71.9 Å². The summed E-state index contributed by atoms with van der Waals surface area (Å²) < 4.78 is 0. The van der Waals surface area contributed by atoms with Crippen LogP contribution in [0.2, 0.25) is 0 Å². The van der Waals surface area contributed by atoms with Crippen LogP contribution in [0, 0.1) is 0 Å². The average Bonchev–Trinajstić information content (AvgIpc) is 2.81. The fourth-order valence-corrected chi connectivity index (χ4v) is 2.10. The Morgan fingerprint density at radius 2 is 1.65 bits per heavy atom. The van der Waals surface area contributed by atoms with Crippen molar-refractivity contribution in [2.75, 3.05) is 0 Å². The average molecular weight is 220 g/mol. The Morgan fingerprint density at radius 1 is 0.882 bits per heavy atom. The molecule has 0 bridgehead atoms. The van der Waals surface area contributed by atoms with E-state index >= 15 is 0 Å². The quantitative estimate of drug-likeness (QED) is 0.797. The standard InChI is InChI=1S/C16H13N/c1-2-6-13(7-3-1)10-11-14-12-17-16-9-5-4-8-15(14)16/h1-9,11-12H,10H2/p+1/b14-11+. The summed E-state index contributed by atoms with van der Waals surface area (Å²) in [6.45, 7) is 0. The van der Waals surface area contributed by atoms with Gasteiger partial charge in [0.25, 0.3) is 0 Å². The third-order valence-corrected chi connectivity index (χ3v) is 3.02. The van der Waals surface area contributed by atoms with E-state index in [1.54, 1.807) is 0 Å². The Hall–Kier alpha value is -2.15. The molecule has 0 saturated heterocycles. The smallest absolute Gasteiger partial charge is 0.210 e. The zero-order valence-electron chi connectivity index (χ0n) is 9.56. The van der Waals surface area contributed by atoms with Gasteiger partial charge in [-0.25, -0.2) is 4.99 Å². The first-order valence-electron chi connectivity index (χ1n) is 5.87. The van der Waals surface area contributed by atoms with E-state index in [4.69, 9.17) is 0 Å². The monoisotopic (exact) mass is 220 g/mol.